The molecule has 1 aromatic rings. The second kappa shape index (κ2) is 6.01. The van der Waals surface area contributed by atoms with Crippen LogP contribution >= 0.6 is 0 Å². The van der Waals surface area contributed by atoms with Gasteiger partial charge in [0.2, 0.25) is 0 Å². The summed E-state index contributed by atoms with van der Waals surface area (Å²) in [6.07, 6.45) is 3.30. The Morgan fingerprint density at radius 2 is 2.06 bits per heavy atom. The Hall–Kier alpha value is -1.35. The predicted octanol–water partition coefficient (Wildman–Crippen LogP) is 2.21. The van der Waals surface area contributed by atoms with Crippen LogP contribution in [0.3, 0.4) is 0 Å². The van der Waals surface area contributed by atoms with E-state index in [2.05, 4.69) is 5.32 Å². The molecule has 1 heterocycles. The van der Waals surface area contributed by atoms with Crippen LogP contribution in [0, 0.1) is 6.92 Å². The summed E-state index contributed by atoms with van der Waals surface area (Å²) in [5.41, 5.74) is 1.89. The lowest BCUT2D eigenvalue weighted by Crippen LogP contribution is -2.37. The van der Waals surface area contributed by atoms with Crippen molar-refractivity contribution >= 4 is 5.91 Å². The van der Waals surface area contributed by atoms with E-state index < -0.39 is 0 Å². The van der Waals surface area contributed by atoms with Gasteiger partial charge in [-0.25, -0.2) is 0 Å². The van der Waals surface area contributed by atoms with Gasteiger partial charge in [-0.05, 0) is 50.9 Å². The number of benzene rings is 1. The standard InChI is InChI=1S/C15H22N2O/c1-12-6-3-4-8-14(12)15(18)17(2)13-7-5-10-16-11-9-13/h3-4,6,8,13,16H,5,7,9-11H2,1-2H3. The molecule has 1 saturated heterocycles. The molecule has 1 N–H and O–H groups in total. The number of aryl methyl sites for hydroxylation is 1. The van der Waals surface area contributed by atoms with Crippen molar-refractivity contribution in [3.8, 4) is 0 Å². The van der Waals surface area contributed by atoms with Gasteiger partial charge in [0, 0.05) is 18.7 Å². The van der Waals surface area contributed by atoms with Crippen molar-refractivity contribution < 1.29 is 4.79 Å². The number of hydrogen-bond donors (Lipinski definition) is 1. The summed E-state index contributed by atoms with van der Waals surface area (Å²) >= 11 is 0. The first-order chi connectivity index (χ1) is 8.70. The third-order valence-electron chi connectivity index (χ3n) is 3.79. The Morgan fingerprint density at radius 1 is 1.28 bits per heavy atom. The number of hydrogen-bond acceptors (Lipinski definition) is 2. The quantitative estimate of drug-likeness (QED) is 0.867. The molecule has 0 spiro atoms. The molecular weight excluding hydrogens is 224 g/mol. The average molecular weight is 246 g/mol. The van der Waals surface area contributed by atoms with E-state index in [1.807, 2.05) is 43.1 Å². The summed E-state index contributed by atoms with van der Waals surface area (Å²) < 4.78 is 0. The molecule has 1 aliphatic rings. The number of nitrogens with zero attached hydrogens (tertiary/aromatic N) is 1. The second-order valence-corrected chi connectivity index (χ2v) is 5.07. The SMILES string of the molecule is Cc1ccccc1C(=O)N(C)C1CCCNCC1. The van der Waals surface area contributed by atoms with E-state index in [0.29, 0.717) is 6.04 Å². The lowest BCUT2D eigenvalue weighted by Gasteiger charge is -2.27. The minimum Gasteiger partial charge on any atom is -0.339 e. The maximum Gasteiger partial charge on any atom is 0.254 e. The molecule has 18 heavy (non-hydrogen) atoms. The predicted molar refractivity (Wildman–Crippen MR) is 73.8 cm³/mol. The number of amides is 1. The van der Waals surface area contributed by atoms with Crippen LogP contribution in [0.15, 0.2) is 24.3 Å². The number of carbonyl (C=O) groups is 1. The smallest absolute Gasteiger partial charge is 0.254 e. The minimum atomic E-state index is 0.153. The van der Waals surface area contributed by atoms with E-state index >= 15 is 0 Å². The summed E-state index contributed by atoms with van der Waals surface area (Å²) in [6, 6.07) is 8.19. The normalized spacial score (nSPS) is 20.2. The van der Waals surface area contributed by atoms with Gasteiger partial charge in [-0.15, -0.1) is 0 Å². The molecule has 1 atom stereocenters. The molecule has 0 aromatic heterocycles. The van der Waals surface area contributed by atoms with Gasteiger partial charge in [-0.3, -0.25) is 4.79 Å². The first-order valence-electron chi connectivity index (χ1n) is 6.73. The highest BCUT2D eigenvalue weighted by Gasteiger charge is 2.22. The molecule has 98 valence electrons. The molecule has 1 fully saturated rings. The van der Waals surface area contributed by atoms with E-state index in [-0.39, 0.29) is 5.91 Å². The molecule has 0 saturated carbocycles. The number of carbonyl (C=O) groups excluding carboxylic acids is 1. The molecule has 0 aliphatic carbocycles. The average Bonchev–Trinajstić information content (AvgIpc) is 2.66. The van der Waals surface area contributed by atoms with Crippen molar-refractivity contribution in [3.05, 3.63) is 35.4 Å². The van der Waals surface area contributed by atoms with Crippen LogP contribution in [0.4, 0.5) is 0 Å². The lowest BCUT2D eigenvalue weighted by atomic mass is 10.0. The van der Waals surface area contributed by atoms with Crippen LogP contribution in [0.25, 0.3) is 0 Å². The van der Waals surface area contributed by atoms with Gasteiger partial charge in [0.15, 0.2) is 0 Å². The Balaban J connectivity index is 2.10. The van der Waals surface area contributed by atoms with Gasteiger partial charge >= 0.3 is 0 Å². The lowest BCUT2D eigenvalue weighted by molar-refractivity contribution is 0.0719. The van der Waals surface area contributed by atoms with Crippen LogP contribution in [0.2, 0.25) is 0 Å². The number of rotatable bonds is 2. The van der Waals surface area contributed by atoms with Crippen LogP contribution in [-0.2, 0) is 0 Å². The highest BCUT2D eigenvalue weighted by molar-refractivity contribution is 5.95. The van der Waals surface area contributed by atoms with E-state index in [1.54, 1.807) is 0 Å². The van der Waals surface area contributed by atoms with Crippen LogP contribution in [0.1, 0.15) is 35.2 Å². The third kappa shape index (κ3) is 2.91. The Bertz CT molecular complexity index is 409. The molecule has 3 heteroatoms. The van der Waals surface area contributed by atoms with Gasteiger partial charge in [-0.1, -0.05) is 18.2 Å². The van der Waals surface area contributed by atoms with E-state index in [4.69, 9.17) is 0 Å². The highest BCUT2D eigenvalue weighted by atomic mass is 16.2. The highest BCUT2D eigenvalue weighted by Crippen LogP contribution is 2.16. The van der Waals surface area contributed by atoms with Crippen molar-refractivity contribution in [2.45, 2.75) is 32.2 Å². The van der Waals surface area contributed by atoms with Gasteiger partial charge < -0.3 is 10.2 Å². The zero-order valence-electron chi connectivity index (χ0n) is 11.3. The first-order valence-corrected chi connectivity index (χ1v) is 6.73. The Labute approximate surface area is 109 Å². The summed E-state index contributed by atoms with van der Waals surface area (Å²) in [5, 5.41) is 3.38. The van der Waals surface area contributed by atoms with E-state index in [0.717, 1.165) is 43.5 Å². The van der Waals surface area contributed by atoms with Gasteiger partial charge in [0.25, 0.3) is 5.91 Å². The largest absolute Gasteiger partial charge is 0.339 e. The maximum atomic E-state index is 12.5. The zero-order chi connectivity index (χ0) is 13.0. The summed E-state index contributed by atoms with van der Waals surface area (Å²) in [5.74, 6) is 0.153. The molecule has 1 amide bonds. The van der Waals surface area contributed by atoms with Crippen molar-refractivity contribution in [2.24, 2.45) is 0 Å². The van der Waals surface area contributed by atoms with Crippen molar-refractivity contribution in [2.75, 3.05) is 20.1 Å². The summed E-state index contributed by atoms with van der Waals surface area (Å²) in [4.78, 5) is 14.4. The van der Waals surface area contributed by atoms with Crippen LogP contribution < -0.4 is 5.32 Å². The molecule has 1 aliphatic heterocycles. The Kier molecular flexibility index (Phi) is 4.37. The van der Waals surface area contributed by atoms with Crippen molar-refractivity contribution in [1.29, 1.82) is 0 Å². The summed E-state index contributed by atoms with van der Waals surface area (Å²) in [6.45, 7) is 4.08. The van der Waals surface area contributed by atoms with Gasteiger partial charge in [0.05, 0.1) is 0 Å². The van der Waals surface area contributed by atoms with Gasteiger partial charge in [0.1, 0.15) is 0 Å². The summed E-state index contributed by atoms with van der Waals surface area (Å²) in [7, 11) is 1.94. The van der Waals surface area contributed by atoms with Crippen molar-refractivity contribution in [1.82, 2.24) is 10.2 Å². The fourth-order valence-corrected chi connectivity index (χ4v) is 2.56. The van der Waals surface area contributed by atoms with Crippen LogP contribution in [-0.4, -0.2) is 37.0 Å². The second-order valence-electron chi connectivity index (χ2n) is 5.07. The third-order valence-corrected chi connectivity index (χ3v) is 3.79. The fraction of sp³-hybridized carbons (Fsp3) is 0.533. The Morgan fingerprint density at radius 3 is 2.83 bits per heavy atom. The molecule has 1 aromatic carbocycles. The maximum absolute atomic E-state index is 12.5. The fourth-order valence-electron chi connectivity index (χ4n) is 2.56. The van der Waals surface area contributed by atoms with E-state index in [9.17, 15) is 4.79 Å². The first kappa shape index (κ1) is 13.1. The minimum absolute atomic E-state index is 0.153. The molecular formula is C15H22N2O. The van der Waals surface area contributed by atoms with Crippen molar-refractivity contribution in [3.63, 3.8) is 0 Å². The van der Waals surface area contributed by atoms with E-state index in [1.165, 1.54) is 0 Å². The molecule has 1 unspecified atom stereocenters. The number of nitrogens with one attached hydrogen (secondary N) is 1. The molecule has 0 bridgehead atoms. The van der Waals surface area contributed by atoms with Crippen LogP contribution in [0.5, 0.6) is 0 Å². The molecule has 2 rings (SSSR count). The monoisotopic (exact) mass is 246 g/mol. The zero-order valence-corrected chi connectivity index (χ0v) is 11.3. The topological polar surface area (TPSA) is 32.3 Å². The molecule has 3 nitrogen and oxygen atoms in total. The molecule has 0 radical (unpaired) electrons. The van der Waals surface area contributed by atoms with Gasteiger partial charge in [-0.2, -0.15) is 0 Å².